The Balaban J connectivity index is 2.04. The van der Waals surface area contributed by atoms with Gasteiger partial charge in [-0.25, -0.2) is 4.79 Å². The van der Waals surface area contributed by atoms with E-state index < -0.39 is 47.7 Å². The van der Waals surface area contributed by atoms with Crippen molar-refractivity contribution in [3.8, 4) is 0 Å². The maximum atomic E-state index is 13.3. The van der Waals surface area contributed by atoms with Crippen LogP contribution in [0.2, 0.25) is 0 Å². The van der Waals surface area contributed by atoms with Crippen LogP contribution in [0.4, 0.5) is 10.5 Å². The zero-order valence-corrected chi connectivity index (χ0v) is 24.2. The van der Waals surface area contributed by atoms with Crippen LogP contribution in [0.5, 0.6) is 0 Å². The van der Waals surface area contributed by atoms with Crippen molar-refractivity contribution < 1.29 is 28.8 Å². The molecule has 1 aliphatic rings. The third-order valence-electron chi connectivity index (χ3n) is 6.45. The second kappa shape index (κ2) is 16.1. The van der Waals surface area contributed by atoms with E-state index in [0.717, 1.165) is 29.0 Å². The van der Waals surface area contributed by atoms with Gasteiger partial charge in [-0.15, -0.1) is 0 Å². The molecule has 1 aromatic carbocycles. The van der Waals surface area contributed by atoms with E-state index in [1.165, 1.54) is 0 Å². The van der Waals surface area contributed by atoms with Gasteiger partial charge < -0.3 is 27.0 Å². The second-order valence-corrected chi connectivity index (χ2v) is 10.8. The molecule has 224 valence electrons. The molecular formula is C29H42N6O6. The van der Waals surface area contributed by atoms with Gasteiger partial charge in [-0.2, -0.15) is 0 Å². The van der Waals surface area contributed by atoms with Crippen molar-refractivity contribution in [2.24, 2.45) is 17.6 Å². The number of imide groups is 1. The monoisotopic (exact) mass is 570 g/mol. The molecule has 0 aliphatic carbocycles. The Kier molecular flexibility index (Phi) is 13.0. The number of amides is 7. The van der Waals surface area contributed by atoms with Gasteiger partial charge in [0.05, 0.1) is 0 Å². The van der Waals surface area contributed by atoms with Crippen molar-refractivity contribution in [3.63, 3.8) is 0 Å². The van der Waals surface area contributed by atoms with Crippen LogP contribution in [-0.2, 0) is 30.4 Å². The Labute approximate surface area is 240 Å². The molecule has 0 saturated carbocycles. The van der Waals surface area contributed by atoms with E-state index in [9.17, 15) is 28.8 Å². The van der Waals surface area contributed by atoms with Crippen molar-refractivity contribution >= 4 is 41.3 Å². The van der Waals surface area contributed by atoms with Gasteiger partial charge in [0.15, 0.2) is 0 Å². The number of rotatable bonds is 16. The van der Waals surface area contributed by atoms with E-state index in [1.807, 2.05) is 24.3 Å². The molecule has 0 unspecified atom stereocenters. The van der Waals surface area contributed by atoms with Gasteiger partial charge in [-0.3, -0.25) is 28.9 Å². The fourth-order valence-electron chi connectivity index (χ4n) is 4.29. The lowest BCUT2D eigenvalue weighted by atomic mass is 10.0. The number of carbonyl (C=O) groups is 6. The molecular weight excluding hydrogens is 528 g/mol. The van der Waals surface area contributed by atoms with Gasteiger partial charge >= 0.3 is 6.03 Å². The molecule has 2 atom stereocenters. The van der Waals surface area contributed by atoms with Crippen LogP contribution in [0.25, 0.3) is 0 Å². The third kappa shape index (κ3) is 11.4. The quantitative estimate of drug-likeness (QED) is 0.149. The molecule has 0 aromatic heterocycles. The topological polar surface area (TPSA) is 180 Å². The first kappa shape index (κ1) is 33.0. The fraction of sp³-hybridized carbons (Fsp3) is 0.517. The normalized spacial score (nSPS) is 14.2. The molecule has 12 heteroatoms. The molecule has 12 nitrogen and oxygen atoms in total. The molecule has 0 fully saturated rings. The molecule has 0 spiro atoms. The van der Waals surface area contributed by atoms with Crippen LogP contribution >= 0.6 is 0 Å². The lowest BCUT2D eigenvalue weighted by Gasteiger charge is -2.25. The number of primary amides is 1. The van der Waals surface area contributed by atoms with E-state index >= 15 is 0 Å². The lowest BCUT2D eigenvalue weighted by Crippen LogP contribution is -2.54. The molecule has 1 aliphatic heterocycles. The first-order chi connectivity index (χ1) is 19.4. The summed E-state index contributed by atoms with van der Waals surface area (Å²) in [5, 5.41) is 10.8. The Morgan fingerprint density at radius 3 is 2.07 bits per heavy atom. The minimum Gasteiger partial charge on any atom is -0.352 e. The Bertz CT molecular complexity index is 1110. The molecule has 2 rings (SSSR count). The van der Waals surface area contributed by atoms with Gasteiger partial charge in [0.25, 0.3) is 11.8 Å². The summed E-state index contributed by atoms with van der Waals surface area (Å²) >= 11 is 0. The number of anilines is 1. The molecule has 0 radical (unpaired) electrons. The Morgan fingerprint density at radius 2 is 1.51 bits per heavy atom. The number of nitrogens with one attached hydrogen (secondary N) is 4. The van der Waals surface area contributed by atoms with Crippen LogP contribution in [-0.4, -0.2) is 65.6 Å². The van der Waals surface area contributed by atoms with Gasteiger partial charge in [0.2, 0.25) is 17.7 Å². The smallest absolute Gasteiger partial charge is 0.312 e. The minimum absolute atomic E-state index is 0.108. The maximum Gasteiger partial charge on any atom is 0.312 e. The summed E-state index contributed by atoms with van der Waals surface area (Å²) < 4.78 is 0. The van der Waals surface area contributed by atoms with E-state index in [2.05, 4.69) is 35.1 Å². The first-order valence-electron chi connectivity index (χ1n) is 13.9. The zero-order valence-electron chi connectivity index (χ0n) is 24.2. The Hall–Kier alpha value is -4.22. The van der Waals surface area contributed by atoms with E-state index in [-0.39, 0.29) is 25.3 Å². The highest BCUT2D eigenvalue weighted by atomic mass is 16.2. The van der Waals surface area contributed by atoms with Crippen molar-refractivity contribution in [1.82, 2.24) is 20.9 Å². The number of carbonyl (C=O) groups excluding carboxylic acids is 6. The highest BCUT2D eigenvalue weighted by Gasteiger charge is 2.30. The van der Waals surface area contributed by atoms with Crippen LogP contribution in [0.15, 0.2) is 36.4 Å². The molecule has 7 amide bonds. The molecule has 0 saturated heterocycles. The van der Waals surface area contributed by atoms with E-state index in [4.69, 9.17) is 5.73 Å². The lowest BCUT2D eigenvalue weighted by molar-refractivity contribution is -0.137. The average molecular weight is 571 g/mol. The number of benzene rings is 1. The maximum absolute atomic E-state index is 13.3. The fourth-order valence-corrected chi connectivity index (χ4v) is 4.29. The number of nitrogens with two attached hydrogens (primary N) is 1. The molecule has 0 bridgehead atoms. The third-order valence-corrected chi connectivity index (χ3v) is 6.45. The summed E-state index contributed by atoms with van der Waals surface area (Å²) in [7, 11) is 0. The number of unbranched alkanes of at least 4 members (excludes halogenated alkanes) is 1. The summed E-state index contributed by atoms with van der Waals surface area (Å²) in [6.45, 7) is 7.99. The van der Waals surface area contributed by atoms with Gasteiger partial charge in [0.1, 0.15) is 12.1 Å². The summed E-state index contributed by atoms with van der Waals surface area (Å²) in [6, 6.07) is 5.02. The predicted molar refractivity (Wildman–Crippen MR) is 154 cm³/mol. The molecule has 1 aromatic rings. The molecule has 6 N–H and O–H groups in total. The largest absolute Gasteiger partial charge is 0.352 e. The molecule has 1 heterocycles. The molecule has 41 heavy (non-hydrogen) atoms. The van der Waals surface area contributed by atoms with Crippen LogP contribution in [0, 0.1) is 11.8 Å². The SMILES string of the molecule is CC(C)Cc1ccc(NC(=O)[C@H](CCCCNC(N)=O)NC(=O)[C@@H](NC(=O)CCN2C(=O)C=CC2=O)C(C)C)cc1. The average Bonchev–Trinajstić information content (AvgIpc) is 3.22. The minimum atomic E-state index is -0.951. The second-order valence-electron chi connectivity index (χ2n) is 10.8. The number of hydrogen-bond acceptors (Lipinski definition) is 6. The standard InChI is InChI=1S/C29H42N6O6/c1-18(2)17-20-8-10-21(11-9-20)32-27(39)22(7-5-6-15-31-29(30)41)33-28(40)26(19(3)4)34-23(36)14-16-35-24(37)12-13-25(35)38/h8-13,18-19,22,26H,5-7,14-17H2,1-4H3,(H,32,39)(H,33,40)(H,34,36)(H3,30,31,41)/t22-,26-/m0/s1. The summed E-state index contributed by atoms with van der Waals surface area (Å²) in [5.74, 6) is -2.25. The summed E-state index contributed by atoms with van der Waals surface area (Å²) in [5.41, 5.74) is 6.84. The first-order valence-corrected chi connectivity index (χ1v) is 13.9. The zero-order chi connectivity index (χ0) is 30.5. The van der Waals surface area contributed by atoms with Crippen molar-refractivity contribution in [2.45, 2.75) is 71.9 Å². The predicted octanol–water partition coefficient (Wildman–Crippen LogP) is 1.60. The van der Waals surface area contributed by atoms with Gasteiger partial charge in [-0.1, -0.05) is 39.8 Å². The number of urea groups is 1. The summed E-state index contributed by atoms with van der Waals surface area (Å²) in [6.07, 6.45) is 4.36. The highest BCUT2D eigenvalue weighted by Crippen LogP contribution is 2.15. The van der Waals surface area contributed by atoms with Crippen molar-refractivity contribution in [3.05, 3.63) is 42.0 Å². The van der Waals surface area contributed by atoms with Crippen LogP contribution in [0.1, 0.15) is 58.9 Å². The van der Waals surface area contributed by atoms with Crippen molar-refractivity contribution in [1.29, 1.82) is 0 Å². The Morgan fingerprint density at radius 1 is 0.878 bits per heavy atom. The van der Waals surface area contributed by atoms with Crippen LogP contribution in [0.3, 0.4) is 0 Å². The van der Waals surface area contributed by atoms with Gasteiger partial charge in [-0.05, 0) is 55.2 Å². The van der Waals surface area contributed by atoms with Gasteiger partial charge in [0, 0.05) is 37.3 Å². The van der Waals surface area contributed by atoms with E-state index in [0.29, 0.717) is 31.0 Å². The number of hydrogen-bond donors (Lipinski definition) is 5. The van der Waals surface area contributed by atoms with Crippen LogP contribution < -0.4 is 27.0 Å². The van der Waals surface area contributed by atoms with E-state index in [1.54, 1.807) is 13.8 Å². The number of nitrogens with zero attached hydrogens (tertiary/aromatic N) is 1. The highest BCUT2D eigenvalue weighted by molar-refractivity contribution is 6.13. The van der Waals surface area contributed by atoms with Crippen molar-refractivity contribution in [2.75, 3.05) is 18.4 Å². The summed E-state index contributed by atoms with van der Waals surface area (Å²) in [4.78, 5) is 74.4.